The molecule has 0 saturated heterocycles. The summed E-state index contributed by atoms with van der Waals surface area (Å²) in [6.45, 7) is 6.70. The summed E-state index contributed by atoms with van der Waals surface area (Å²) < 4.78 is 17.0. The van der Waals surface area contributed by atoms with Gasteiger partial charge in [-0.3, -0.25) is 14.4 Å². The summed E-state index contributed by atoms with van der Waals surface area (Å²) in [6, 6.07) is 0. The second kappa shape index (κ2) is 65.7. The molecule has 0 N–H and O–H groups in total. The van der Waals surface area contributed by atoms with E-state index in [1.807, 2.05) is 0 Å². The zero-order chi connectivity index (χ0) is 55.0. The van der Waals surface area contributed by atoms with Crippen molar-refractivity contribution in [1.82, 2.24) is 0 Å². The van der Waals surface area contributed by atoms with Crippen molar-refractivity contribution in [2.75, 3.05) is 13.2 Å². The Morgan fingerprint density at radius 1 is 0.250 bits per heavy atom. The molecule has 0 aromatic rings. The SMILES string of the molecule is CCCCC/C=C\CCCCCCCC(=O)OCC(COC(=O)CCCCCCCCCCCCCCCCCCCCCCCCC)OC(=O)CCCCCCCCCCCCCCCCCCCCCCCCC. The Labute approximate surface area is 475 Å². The molecule has 0 radical (unpaired) electrons. The first kappa shape index (κ1) is 74.2. The molecule has 0 heterocycles. The highest BCUT2D eigenvalue weighted by Gasteiger charge is 2.19. The molecule has 450 valence electrons. The van der Waals surface area contributed by atoms with Crippen LogP contribution in [0, 0.1) is 0 Å². The van der Waals surface area contributed by atoms with Crippen molar-refractivity contribution in [3.63, 3.8) is 0 Å². The van der Waals surface area contributed by atoms with Gasteiger partial charge in [0.15, 0.2) is 6.10 Å². The van der Waals surface area contributed by atoms with Gasteiger partial charge in [-0.25, -0.2) is 0 Å². The fourth-order valence-corrected chi connectivity index (χ4v) is 10.8. The van der Waals surface area contributed by atoms with E-state index in [4.69, 9.17) is 14.2 Å². The van der Waals surface area contributed by atoms with E-state index in [0.29, 0.717) is 19.3 Å². The van der Waals surface area contributed by atoms with E-state index in [1.165, 1.54) is 295 Å². The van der Waals surface area contributed by atoms with Gasteiger partial charge in [0.25, 0.3) is 0 Å². The summed E-state index contributed by atoms with van der Waals surface area (Å²) in [5, 5.41) is 0. The minimum absolute atomic E-state index is 0.0658. The second-order valence-electron chi connectivity index (χ2n) is 23.8. The predicted octanol–water partition coefficient (Wildman–Crippen LogP) is 23.6. The lowest BCUT2D eigenvalue weighted by atomic mass is 10.0. The van der Waals surface area contributed by atoms with E-state index < -0.39 is 6.10 Å². The molecule has 0 amide bonds. The van der Waals surface area contributed by atoms with Crippen LogP contribution in [-0.4, -0.2) is 37.2 Å². The Bertz CT molecular complexity index is 1180. The Morgan fingerprint density at radius 3 is 0.684 bits per heavy atom. The molecule has 0 aliphatic carbocycles. The number of esters is 3. The lowest BCUT2D eigenvalue weighted by Crippen LogP contribution is -2.30. The molecule has 0 fully saturated rings. The quantitative estimate of drug-likeness (QED) is 0.0261. The van der Waals surface area contributed by atoms with Crippen LogP contribution in [0.5, 0.6) is 0 Å². The van der Waals surface area contributed by atoms with Crippen LogP contribution in [0.15, 0.2) is 12.2 Å². The van der Waals surface area contributed by atoms with Gasteiger partial charge in [0.2, 0.25) is 0 Å². The van der Waals surface area contributed by atoms with Gasteiger partial charge in [0, 0.05) is 19.3 Å². The highest BCUT2D eigenvalue weighted by atomic mass is 16.6. The largest absolute Gasteiger partial charge is 0.462 e. The van der Waals surface area contributed by atoms with Gasteiger partial charge in [-0.1, -0.05) is 348 Å². The second-order valence-corrected chi connectivity index (χ2v) is 23.8. The van der Waals surface area contributed by atoms with Gasteiger partial charge in [0.1, 0.15) is 13.2 Å². The molecule has 0 rings (SSSR count). The third kappa shape index (κ3) is 63.0. The van der Waals surface area contributed by atoms with Crippen molar-refractivity contribution in [3.8, 4) is 0 Å². The maximum atomic E-state index is 12.9. The molecule has 6 heteroatoms. The number of carbonyl (C=O) groups excluding carboxylic acids is 3. The predicted molar refractivity (Wildman–Crippen MR) is 330 cm³/mol. The zero-order valence-electron chi connectivity index (χ0n) is 51.8. The fourth-order valence-electron chi connectivity index (χ4n) is 10.8. The first-order valence-electron chi connectivity index (χ1n) is 34.7. The van der Waals surface area contributed by atoms with Gasteiger partial charge in [-0.05, 0) is 44.9 Å². The Kier molecular flexibility index (Phi) is 64.1. The van der Waals surface area contributed by atoms with Crippen molar-refractivity contribution in [2.45, 2.75) is 406 Å². The van der Waals surface area contributed by atoms with Crippen LogP contribution in [-0.2, 0) is 28.6 Å². The normalized spacial score (nSPS) is 12.0. The number of unbranched alkanes of at least 4 members (excludes halogenated alkanes) is 52. The zero-order valence-corrected chi connectivity index (χ0v) is 51.8. The summed E-state index contributed by atoms with van der Waals surface area (Å²) >= 11 is 0. The first-order valence-corrected chi connectivity index (χ1v) is 34.7. The van der Waals surface area contributed by atoms with Crippen LogP contribution in [0.4, 0.5) is 0 Å². The Morgan fingerprint density at radius 2 is 0.434 bits per heavy atom. The lowest BCUT2D eigenvalue weighted by Gasteiger charge is -2.18. The van der Waals surface area contributed by atoms with E-state index in [-0.39, 0.29) is 31.1 Å². The minimum atomic E-state index is -0.769. The maximum Gasteiger partial charge on any atom is 0.306 e. The molecule has 0 saturated carbocycles. The number of rotatable bonds is 65. The number of carbonyl (C=O) groups is 3. The van der Waals surface area contributed by atoms with Crippen LogP contribution >= 0.6 is 0 Å². The fraction of sp³-hybridized carbons (Fsp3) is 0.929. The summed E-state index contributed by atoms with van der Waals surface area (Å²) in [4.78, 5) is 38.3. The van der Waals surface area contributed by atoms with Gasteiger partial charge in [-0.2, -0.15) is 0 Å². The van der Waals surface area contributed by atoms with Crippen molar-refractivity contribution < 1.29 is 28.6 Å². The summed E-state index contributed by atoms with van der Waals surface area (Å²) in [5.41, 5.74) is 0. The van der Waals surface area contributed by atoms with Crippen molar-refractivity contribution in [3.05, 3.63) is 12.2 Å². The van der Waals surface area contributed by atoms with Crippen LogP contribution < -0.4 is 0 Å². The standard InChI is InChI=1S/C70H134O6/c1-4-7-10-13-16-19-22-25-27-29-31-33-35-37-39-41-43-45-48-51-54-57-60-63-69(72)75-66-67(65-74-68(71)62-59-56-53-50-47-24-21-18-15-12-9-6-3)76-70(73)64-61-58-55-52-49-46-44-42-40-38-36-34-32-30-28-26-23-20-17-14-11-8-5-2/h18,21,67H,4-17,19-20,22-66H2,1-3H3/b21-18-. The molecule has 6 nitrogen and oxygen atoms in total. The Balaban J connectivity index is 4.19. The summed E-state index contributed by atoms with van der Waals surface area (Å²) in [7, 11) is 0. The van der Waals surface area contributed by atoms with Crippen molar-refractivity contribution >= 4 is 17.9 Å². The molecular formula is C70H134O6. The van der Waals surface area contributed by atoms with Crippen LogP contribution in [0.25, 0.3) is 0 Å². The van der Waals surface area contributed by atoms with E-state index in [2.05, 4.69) is 32.9 Å². The highest BCUT2D eigenvalue weighted by molar-refractivity contribution is 5.71. The summed E-state index contributed by atoms with van der Waals surface area (Å²) in [6.07, 6.45) is 78.2. The number of allylic oxidation sites excluding steroid dienone is 2. The topological polar surface area (TPSA) is 78.9 Å². The van der Waals surface area contributed by atoms with Crippen LogP contribution in [0.2, 0.25) is 0 Å². The van der Waals surface area contributed by atoms with Gasteiger partial charge < -0.3 is 14.2 Å². The van der Waals surface area contributed by atoms with E-state index >= 15 is 0 Å². The average Bonchev–Trinajstić information content (AvgIpc) is 3.42. The van der Waals surface area contributed by atoms with Crippen LogP contribution in [0.3, 0.4) is 0 Å². The molecule has 0 aliphatic rings. The first-order chi connectivity index (χ1) is 37.5. The minimum Gasteiger partial charge on any atom is -0.462 e. The molecule has 0 aromatic carbocycles. The molecule has 0 bridgehead atoms. The molecule has 1 unspecified atom stereocenters. The van der Waals surface area contributed by atoms with E-state index in [0.717, 1.165) is 64.2 Å². The molecule has 0 aromatic heterocycles. The van der Waals surface area contributed by atoms with Gasteiger partial charge >= 0.3 is 17.9 Å². The molecule has 1 atom stereocenters. The molecular weight excluding hydrogens is 937 g/mol. The number of hydrogen-bond donors (Lipinski definition) is 0. The third-order valence-corrected chi connectivity index (χ3v) is 16.0. The summed E-state index contributed by atoms with van der Waals surface area (Å²) in [5.74, 6) is -0.842. The average molecular weight is 1070 g/mol. The monoisotopic (exact) mass is 1070 g/mol. The number of hydrogen-bond acceptors (Lipinski definition) is 6. The maximum absolute atomic E-state index is 12.9. The molecule has 0 aliphatic heterocycles. The van der Waals surface area contributed by atoms with Gasteiger partial charge in [-0.15, -0.1) is 0 Å². The van der Waals surface area contributed by atoms with Crippen molar-refractivity contribution in [1.29, 1.82) is 0 Å². The lowest BCUT2D eigenvalue weighted by molar-refractivity contribution is -0.167. The molecule has 76 heavy (non-hydrogen) atoms. The van der Waals surface area contributed by atoms with Crippen molar-refractivity contribution in [2.24, 2.45) is 0 Å². The van der Waals surface area contributed by atoms with E-state index in [1.54, 1.807) is 0 Å². The number of ether oxygens (including phenoxy) is 3. The van der Waals surface area contributed by atoms with E-state index in [9.17, 15) is 14.4 Å². The smallest absolute Gasteiger partial charge is 0.306 e. The van der Waals surface area contributed by atoms with Gasteiger partial charge in [0.05, 0.1) is 0 Å². The highest BCUT2D eigenvalue weighted by Crippen LogP contribution is 2.19. The van der Waals surface area contributed by atoms with Crippen LogP contribution in [0.1, 0.15) is 400 Å². The Hall–Kier alpha value is -1.85. The third-order valence-electron chi connectivity index (χ3n) is 16.0. The molecule has 0 spiro atoms.